The highest BCUT2D eigenvalue weighted by Crippen LogP contribution is 2.56. The highest BCUT2D eigenvalue weighted by molar-refractivity contribution is 7.11. The molecule has 0 N–H and O–H groups in total. The Labute approximate surface area is 236 Å². The minimum atomic E-state index is -0.985. The fourth-order valence-corrected chi connectivity index (χ4v) is 9.94. The van der Waals surface area contributed by atoms with Gasteiger partial charge in [0.25, 0.3) is 0 Å². The van der Waals surface area contributed by atoms with Gasteiger partial charge in [0.2, 0.25) is 0 Å². The third kappa shape index (κ3) is 5.19. The summed E-state index contributed by atoms with van der Waals surface area (Å²) in [5, 5.41) is 7.93. The van der Waals surface area contributed by atoms with Crippen LogP contribution in [0, 0.1) is 0 Å². The maximum atomic E-state index is 14.8. The van der Waals surface area contributed by atoms with Gasteiger partial charge in [0.1, 0.15) is 0 Å². The van der Waals surface area contributed by atoms with Crippen LogP contribution >= 0.6 is 91.8 Å². The summed E-state index contributed by atoms with van der Waals surface area (Å²) in [7, 11) is 0. The predicted molar refractivity (Wildman–Crippen MR) is 154 cm³/mol. The predicted octanol–water partition coefficient (Wildman–Crippen LogP) is 9.90. The molecule has 0 radical (unpaired) electrons. The molecule has 0 bridgehead atoms. The normalized spacial score (nSPS) is 17.1. The minimum Gasteiger partial charge on any atom is -0.298 e. The average Bonchev–Trinajstić information content (AvgIpc) is 3.63. The van der Waals surface area contributed by atoms with Gasteiger partial charge in [-0.25, -0.2) is 0 Å². The monoisotopic (exact) mass is 606 g/mol. The van der Waals surface area contributed by atoms with Crippen molar-refractivity contribution in [2.45, 2.75) is 34.4 Å². The fourth-order valence-electron chi connectivity index (χ4n) is 4.38. The van der Waals surface area contributed by atoms with Gasteiger partial charge in [0.15, 0.2) is 5.78 Å². The number of hydrogen-bond acceptors (Lipinski definition) is 5. The van der Waals surface area contributed by atoms with Crippen molar-refractivity contribution in [2.24, 2.45) is 0 Å². The van der Waals surface area contributed by atoms with Crippen molar-refractivity contribution < 1.29 is 4.79 Å². The number of Topliss-reactive ketones (excluding diaryl/α,β-unsaturated/α-hetero) is 1. The van der Waals surface area contributed by atoms with Crippen LogP contribution in [0.3, 0.4) is 0 Å². The van der Waals surface area contributed by atoms with E-state index in [1.165, 1.54) is 22.7 Å². The molecule has 1 nitrogen and oxygen atoms in total. The van der Waals surface area contributed by atoms with Crippen LogP contribution in [-0.2, 0) is 14.5 Å². The van der Waals surface area contributed by atoms with Crippen molar-refractivity contribution in [1.29, 1.82) is 0 Å². The van der Waals surface area contributed by atoms with Crippen LogP contribution in [0.15, 0.2) is 70.1 Å². The molecule has 4 unspecified atom stereocenters. The summed E-state index contributed by atoms with van der Waals surface area (Å²) < 4.78 is 0. The molecule has 34 heavy (non-hydrogen) atoms. The topological polar surface area (TPSA) is 17.1 Å². The number of alkyl halides is 4. The van der Waals surface area contributed by atoms with Crippen LogP contribution in [0.4, 0.5) is 0 Å². The maximum Gasteiger partial charge on any atom is 0.153 e. The van der Waals surface area contributed by atoms with Crippen molar-refractivity contribution >= 4 is 97.5 Å². The van der Waals surface area contributed by atoms with E-state index < -0.39 is 21.6 Å². The standard InChI is InChI=1S/C25H22Cl4OS4/c26-11-9-24(28,19-7-3-15-33-19)21(17-5-1-13-31-17)23(30)22(18-6-2-14-32-18)25(29,10-12-27)20-8-4-16-34-20/h1-8,13-16,21-22H,9-12H2. The van der Waals surface area contributed by atoms with Crippen LogP contribution in [0.25, 0.3) is 0 Å². The number of hydrogen-bond donors (Lipinski definition) is 0. The number of thiophene rings is 4. The van der Waals surface area contributed by atoms with Gasteiger partial charge in [-0.15, -0.1) is 91.8 Å². The summed E-state index contributed by atoms with van der Waals surface area (Å²) in [6, 6.07) is 15.8. The van der Waals surface area contributed by atoms with E-state index >= 15 is 0 Å². The van der Waals surface area contributed by atoms with Crippen molar-refractivity contribution in [3.05, 3.63) is 89.6 Å². The first-order valence-electron chi connectivity index (χ1n) is 10.6. The molecule has 4 rings (SSSR count). The molecule has 4 atom stereocenters. The van der Waals surface area contributed by atoms with E-state index in [2.05, 4.69) is 0 Å². The lowest BCUT2D eigenvalue weighted by atomic mass is 9.73. The zero-order valence-electron chi connectivity index (χ0n) is 18.0. The number of carbonyl (C=O) groups is 1. The SMILES string of the molecule is O=C(C(c1cccs1)C(Cl)(CCCl)c1cccs1)C(c1cccs1)C(Cl)(CCCl)c1cccs1. The molecule has 4 aromatic heterocycles. The lowest BCUT2D eigenvalue weighted by Crippen LogP contribution is -2.41. The van der Waals surface area contributed by atoms with E-state index in [-0.39, 0.29) is 5.78 Å². The first-order valence-corrected chi connectivity index (χ1v) is 16.0. The molecule has 0 spiro atoms. The summed E-state index contributed by atoms with van der Waals surface area (Å²) in [6.07, 6.45) is 0.901. The van der Waals surface area contributed by atoms with E-state index in [1.54, 1.807) is 22.7 Å². The number of carbonyl (C=O) groups excluding carboxylic acids is 1. The van der Waals surface area contributed by atoms with Crippen LogP contribution in [-0.4, -0.2) is 17.5 Å². The van der Waals surface area contributed by atoms with Gasteiger partial charge in [0, 0.05) is 31.3 Å². The second kappa shape index (κ2) is 11.8. The van der Waals surface area contributed by atoms with E-state index in [0.29, 0.717) is 24.6 Å². The molecule has 0 aliphatic carbocycles. The molecule has 4 aromatic rings. The second-order valence-electron chi connectivity index (χ2n) is 7.86. The maximum absolute atomic E-state index is 14.8. The highest BCUT2D eigenvalue weighted by atomic mass is 35.5. The van der Waals surface area contributed by atoms with Crippen molar-refractivity contribution in [3.8, 4) is 0 Å². The van der Waals surface area contributed by atoms with Gasteiger partial charge in [-0.2, -0.15) is 0 Å². The van der Waals surface area contributed by atoms with Crippen LogP contribution < -0.4 is 0 Å². The van der Waals surface area contributed by atoms with Gasteiger partial charge in [-0.1, -0.05) is 24.3 Å². The summed E-state index contributed by atoms with van der Waals surface area (Å²) in [5.41, 5.74) is 0. The van der Waals surface area contributed by atoms with Crippen molar-refractivity contribution in [2.75, 3.05) is 11.8 Å². The summed E-state index contributed by atoms with van der Waals surface area (Å²) in [4.78, 5) is 16.6. The lowest BCUT2D eigenvalue weighted by Gasteiger charge is -2.39. The first-order chi connectivity index (χ1) is 16.5. The Morgan fingerprint density at radius 3 is 1.35 bits per heavy atom. The van der Waals surface area contributed by atoms with Gasteiger partial charge < -0.3 is 0 Å². The zero-order valence-corrected chi connectivity index (χ0v) is 24.3. The van der Waals surface area contributed by atoms with Crippen LogP contribution in [0.5, 0.6) is 0 Å². The lowest BCUT2D eigenvalue weighted by molar-refractivity contribution is -0.123. The molecular formula is C25H22Cl4OS4. The number of halogens is 4. The molecule has 0 aromatic carbocycles. The molecular weight excluding hydrogens is 586 g/mol. The molecule has 0 aliphatic rings. The Balaban J connectivity index is 1.92. The Hall–Kier alpha value is -0.370. The molecule has 0 fully saturated rings. The molecule has 0 saturated carbocycles. The largest absolute Gasteiger partial charge is 0.298 e. The van der Waals surface area contributed by atoms with Crippen molar-refractivity contribution in [1.82, 2.24) is 0 Å². The Bertz CT molecular complexity index is 1050. The first kappa shape index (κ1) is 26.7. The fraction of sp³-hybridized carbons (Fsp3) is 0.320. The third-order valence-corrected chi connectivity index (χ3v) is 11.7. The van der Waals surface area contributed by atoms with E-state index in [4.69, 9.17) is 46.4 Å². The zero-order chi connectivity index (χ0) is 24.2. The number of ketones is 1. The van der Waals surface area contributed by atoms with Gasteiger partial charge in [-0.3, -0.25) is 4.79 Å². The Morgan fingerprint density at radius 1 is 0.676 bits per heavy atom. The van der Waals surface area contributed by atoms with E-state index in [9.17, 15) is 4.79 Å². The molecule has 0 aliphatic heterocycles. The van der Waals surface area contributed by atoms with Gasteiger partial charge in [-0.05, 0) is 58.6 Å². The van der Waals surface area contributed by atoms with Gasteiger partial charge in [0.05, 0.1) is 21.6 Å². The molecule has 0 saturated heterocycles. The Morgan fingerprint density at radius 2 is 1.06 bits per heavy atom. The molecule has 9 heteroatoms. The quantitative estimate of drug-likeness (QED) is 0.146. The second-order valence-corrected chi connectivity index (χ2v) is 13.8. The number of rotatable bonds is 12. The molecule has 4 heterocycles. The average molecular weight is 609 g/mol. The summed E-state index contributed by atoms with van der Waals surface area (Å²) in [5.74, 6) is -0.580. The van der Waals surface area contributed by atoms with Crippen molar-refractivity contribution in [3.63, 3.8) is 0 Å². The van der Waals surface area contributed by atoms with Gasteiger partial charge >= 0.3 is 0 Å². The van der Waals surface area contributed by atoms with E-state index in [1.807, 2.05) is 70.1 Å². The molecule has 180 valence electrons. The third-order valence-electron chi connectivity index (χ3n) is 5.92. The van der Waals surface area contributed by atoms with E-state index in [0.717, 1.165) is 19.5 Å². The van der Waals surface area contributed by atoms with Crippen LogP contribution in [0.1, 0.15) is 44.2 Å². The molecule has 0 amide bonds. The smallest absolute Gasteiger partial charge is 0.153 e. The Kier molecular flexibility index (Phi) is 9.25. The highest BCUT2D eigenvalue weighted by Gasteiger charge is 2.53. The summed E-state index contributed by atoms with van der Waals surface area (Å²) >= 11 is 33.7. The minimum absolute atomic E-state index is 0.00747. The van der Waals surface area contributed by atoms with Crippen LogP contribution in [0.2, 0.25) is 0 Å². The summed E-state index contributed by atoms with van der Waals surface area (Å²) in [6.45, 7) is 0.